The Labute approximate surface area is 100 Å². The van der Waals surface area contributed by atoms with Crippen LogP contribution in [0.2, 0.25) is 0 Å². The van der Waals surface area contributed by atoms with E-state index in [-0.39, 0.29) is 11.9 Å². The summed E-state index contributed by atoms with van der Waals surface area (Å²) in [4.78, 5) is 10.7. The summed E-state index contributed by atoms with van der Waals surface area (Å²) in [5.41, 5.74) is 0.755. The van der Waals surface area contributed by atoms with Crippen molar-refractivity contribution < 1.29 is 23.8 Å². The molecule has 0 aliphatic rings. The van der Waals surface area contributed by atoms with Crippen LogP contribution in [0.5, 0.6) is 0 Å². The van der Waals surface area contributed by atoms with Crippen molar-refractivity contribution in [2.24, 2.45) is 0 Å². The molecule has 5 nitrogen and oxygen atoms in total. The van der Waals surface area contributed by atoms with Gasteiger partial charge in [0, 0.05) is 12.2 Å². The lowest BCUT2D eigenvalue weighted by atomic mass is 10.2. The Morgan fingerprint density at radius 3 is 2.82 bits per heavy atom. The van der Waals surface area contributed by atoms with Gasteiger partial charge in [-0.25, -0.2) is 4.79 Å². The molecule has 0 aliphatic carbocycles. The number of aromatic carboxylic acids is 1. The Morgan fingerprint density at radius 1 is 1.59 bits per heavy atom. The van der Waals surface area contributed by atoms with E-state index in [2.05, 4.69) is 0 Å². The first kappa shape index (κ1) is 13.7. The molecule has 0 spiro atoms. The van der Waals surface area contributed by atoms with Crippen LogP contribution in [-0.4, -0.2) is 30.4 Å². The SMILES string of the molecule is CCOCC(C)OCc1cc(C(=O)O)oc1C. The average molecular weight is 242 g/mol. The summed E-state index contributed by atoms with van der Waals surface area (Å²) in [6.07, 6.45) is -0.0301. The number of carbonyl (C=O) groups is 1. The molecule has 0 saturated carbocycles. The predicted octanol–water partition coefficient (Wildman–Crippen LogP) is 2.23. The first-order valence-corrected chi connectivity index (χ1v) is 5.56. The third-order valence-corrected chi connectivity index (χ3v) is 2.31. The topological polar surface area (TPSA) is 68.9 Å². The van der Waals surface area contributed by atoms with Crippen molar-refractivity contribution in [3.63, 3.8) is 0 Å². The van der Waals surface area contributed by atoms with Gasteiger partial charge in [0.05, 0.1) is 19.3 Å². The van der Waals surface area contributed by atoms with Gasteiger partial charge >= 0.3 is 5.97 Å². The fourth-order valence-electron chi connectivity index (χ4n) is 1.33. The summed E-state index contributed by atoms with van der Waals surface area (Å²) in [5.74, 6) is -0.550. The minimum atomic E-state index is -1.07. The smallest absolute Gasteiger partial charge is 0.371 e. The van der Waals surface area contributed by atoms with Gasteiger partial charge in [-0.1, -0.05) is 0 Å². The van der Waals surface area contributed by atoms with Crippen LogP contribution in [0.3, 0.4) is 0 Å². The van der Waals surface area contributed by atoms with Crippen molar-refractivity contribution in [2.45, 2.75) is 33.5 Å². The lowest BCUT2D eigenvalue weighted by Gasteiger charge is -2.12. The fourth-order valence-corrected chi connectivity index (χ4v) is 1.33. The van der Waals surface area contributed by atoms with Gasteiger partial charge in [0.25, 0.3) is 0 Å². The van der Waals surface area contributed by atoms with Crippen molar-refractivity contribution >= 4 is 5.97 Å². The van der Waals surface area contributed by atoms with E-state index in [0.29, 0.717) is 25.6 Å². The lowest BCUT2D eigenvalue weighted by Crippen LogP contribution is -2.15. The van der Waals surface area contributed by atoms with Crippen LogP contribution < -0.4 is 0 Å². The van der Waals surface area contributed by atoms with Gasteiger partial charge in [-0.15, -0.1) is 0 Å². The molecular formula is C12H18O5. The summed E-state index contributed by atoms with van der Waals surface area (Å²) in [6.45, 7) is 7.06. The molecule has 5 heteroatoms. The number of hydrogen-bond acceptors (Lipinski definition) is 4. The lowest BCUT2D eigenvalue weighted by molar-refractivity contribution is -0.0120. The summed E-state index contributed by atoms with van der Waals surface area (Å²) in [6, 6.07) is 1.49. The molecule has 17 heavy (non-hydrogen) atoms. The summed E-state index contributed by atoms with van der Waals surface area (Å²) < 4.78 is 15.8. The maximum absolute atomic E-state index is 10.7. The molecule has 1 rings (SSSR count). The molecule has 0 bridgehead atoms. The maximum atomic E-state index is 10.7. The highest BCUT2D eigenvalue weighted by Crippen LogP contribution is 2.16. The molecule has 1 aromatic rings. The molecule has 1 heterocycles. The van der Waals surface area contributed by atoms with Crippen molar-refractivity contribution in [3.05, 3.63) is 23.2 Å². The molecule has 1 aromatic heterocycles. The number of hydrogen-bond donors (Lipinski definition) is 1. The van der Waals surface area contributed by atoms with Gasteiger partial charge < -0.3 is 19.0 Å². The number of ether oxygens (including phenoxy) is 2. The molecule has 0 aromatic carbocycles. The van der Waals surface area contributed by atoms with E-state index in [0.717, 1.165) is 5.56 Å². The normalized spacial score (nSPS) is 12.6. The van der Waals surface area contributed by atoms with Gasteiger partial charge in [0.1, 0.15) is 5.76 Å². The first-order valence-electron chi connectivity index (χ1n) is 5.56. The summed E-state index contributed by atoms with van der Waals surface area (Å²) >= 11 is 0. The number of rotatable bonds is 7. The number of furan rings is 1. The molecule has 0 amide bonds. The van der Waals surface area contributed by atoms with Crippen LogP contribution >= 0.6 is 0 Å². The minimum Gasteiger partial charge on any atom is -0.475 e. The van der Waals surface area contributed by atoms with E-state index in [1.54, 1.807) is 6.92 Å². The van der Waals surface area contributed by atoms with Gasteiger partial charge in [-0.2, -0.15) is 0 Å². The molecule has 1 atom stereocenters. The van der Waals surface area contributed by atoms with Gasteiger partial charge in [-0.3, -0.25) is 0 Å². The quantitative estimate of drug-likeness (QED) is 0.794. The first-order chi connectivity index (χ1) is 8.04. The van der Waals surface area contributed by atoms with Crippen LogP contribution in [-0.2, 0) is 16.1 Å². The highest BCUT2D eigenvalue weighted by Gasteiger charge is 2.13. The van der Waals surface area contributed by atoms with Crippen LogP contribution in [0.25, 0.3) is 0 Å². The van der Waals surface area contributed by atoms with E-state index in [1.807, 2.05) is 13.8 Å². The third-order valence-electron chi connectivity index (χ3n) is 2.31. The Balaban J connectivity index is 2.48. The second kappa shape index (κ2) is 6.42. The second-order valence-corrected chi connectivity index (χ2v) is 3.78. The molecule has 1 unspecified atom stereocenters. The van der Waals surface area contributed by atoms with Gasteiger partial charge in [-0.05, 0) is 26.8 Å². The number of carboxylic acid groups (broad SMARTS) is 1. The summed E-state index contributed by atoms with van der Waals surface area (Å²) in [7, 11) is 0. The van der Waals surface area contributed by atoms with Crippen molar-refractivity contribution in [3.8, 4) is 0 Å². The Bertz CT molecular complexity index is 369. The molecule has 0 radical (unpaired) electrons. The zero-order valence-electron chi connectivity index (χ0n) is 10.4. The van der Waals surface area contributed by atoms with E-state index >= 15 is 0 Å². The van der Waals surface area contributed by atoms with Crippen molar-refractivity contribution in [1.82, 2.24) is 0 Å². The fraction of sp³-hybridized carbons (Fsp3) is 0.583. The molecule has 1 N–H and O–H groups in total. The van der Waals surface area contributed by atoms with E-state index < -0.39 is 5.97 Å². The molecule has 96 valence electrons. The maximum Gasteiger partial charge on any atom is 0.371 e. The van der Waals surface area contributed by atoms with Crippen molar-refractivity contribution in [1.29, 1.82) is 0 Å². The molecule has 0 aliphatic heterocycles. The van der Waals surface area contributed by atoms with Crippen LogP contribution in [0.1, 0.15) is 35.7 Å². The van der Waals surface area contributed by atoms with Gasteiger partial charge in [0.15, 0.2) is 0 Å². The Morgan fingerprint density at radius 2 is 2.29 bits per heavy atom. The largest absolute Gasteiger partial charge is 0.475 e. The van der Waals surface area contributed by atoms with E-state index in [9.17, 15) is 4.79 Å². The van der Waals surface area contributed by atoms with Crippen LogP contribution in [0.15, 0.2) is 10.5 Å². The van der Waals surface area contributed by atoms with Crippen LogP contribution in [0, 0.1) is 6.92 Å². The second-order valence-electron chi connectivity index (χ2n) is 3.78. The highest BCUT2D eigenvalue weighted by atomic mass is 16.5. The van der Waals surface area contributed by atoms with E-state index in [1.165, 1.54) is 6.07 Å². The number of carboxylic acids is 1. The monoisotopic (exact) mass is 242 g/mol. The molecular weight excluding hydrogens is 224 g/mol. The Kier molecular flexibility index (Phi) is 5.18. The predicted molar refractivity (Wildman–Crippen MR) is 61.1 cm³/mol. The molecule has 0 saturated heterocycles. The molecule has 0 fully saturated rings. The zero-order valence-corrected chi connectivity index (χ0v) is 10.4. The van der Waals surface area contributed by atoms with Crippen molar-refractivity contribution in [2.75, 3.05) is 13.2 Å². The zero-order chi connectivity index (χ0) is 12.8. The third kappa shape index (κ3) is 4.20. The highest BCUT2D eigenvalue weighted by molar-refractivity contribution is 5.84. The minimum absolute atomic E-state index is 0.0301. The standard InChI is InChI=1S/C12H18O5/c1-4-15-6-8(2)16-7-10-5-11(12(13)14)17-9(10)3/h5,8H,4,6-7H2,1-3H3,(H,13,14). The van der Waals surface area contributed by atoms with Gasteiger partial charge in [0.2, 0.25) is 5.76 Å². The summed E-state index contributed by atoms with van der Waals surface area (Å²) in [5, 5.41) is 8.76. The Hall–Kier alpha value is -1.33. The van der Waals surface area contributed by atoms with Crippen LogP contribution in [0.4, 0.5) is 0 Å². The number of aryl methyl sites for hydroxylation is 1. The van der Waals surface area contributed by atoms with E-state index in [4.69, 9.17) is 19.0 Å². The average Bonchev–Trinajstić information content (AvgIpc) is 2.65.